The first kappa shape index (κ1) is 8.95. The largest absolute Gasteiger partial charge is 0.481 e. The molecule has 9 heavy (non-hydrogen) atoms. The number of hydrogen-bond acceptors (Lipinski definition) is 1. The fourth-order valence-electron chi connectivity index (χ4n) is 0.447. The van der Waals surface area contributed by atoms with Gasteiger partial charge in [-0.1, -0.05) is 22.9 Å². The van der Waals surface area contributed by atoms with Crippen LogP contribution in [-0.4, -0.2) is 16.4 Å². The van der Waals surface area contributed by atoms with Crippen LogP contribution in [0.5, 0.6) is 0 Å². The maximum atomic E-state index is 10.0. The van der Waals surface area contributed by atoms with Crippen molar-refractivity contribution < 1.29 is 9.90 Å². The van der Waals surface area contributed by atoms with Crippen molar-refractivity contribution in [3.8, 4) is 0 Å². The van der Waals surface area contributed by atoms with Gasteiger partial charge >= 0.3 is 5.97 Å². The first-order valence-electron chi connectivity index (χ1n) is 2.94. The van der Waals surface area contributed by atoms with E-state index in [2.05, 4.69) is 15.9 Å². The first-order chi connectivity index (χ1) is 4.16. The van der Waals surface area contributed by atoms with E-state index in [9.17, 15) is 4.79 Å². The molecule has 0 aliphatic rings. The fraction of sp³-hybridized carbons (Fsp3) is 0.833. The lowest BCUT2D eigenvalue weighted by atomic mass is 10.1. The second-order valence-electron chi connectivity index (χ2n) is 2.19. The van der Waals surface area contributed by atoms with Crippen LogP contribution in [0.3, 0.4) is 0 Å². The van der Waals surface area contributed by atoms with Gasteiger partial charge in [-0.05, 0) is 12.3 Å². The molecule has 2 nitrogen and oxygen atoms in total. The summed E-state index contributed by atoms with van der Waals surface area (Å²) in [5.74, 6) is -0.233. The Bertz CT molecular complexity index is 93.1. The van der Waals surface area contributed by atoms with Crippen molar-refractivity contribution in [1.29, 1.82) is 0 Å². The summed E-state index contributed by atoms with van der Waals surface area (Å²) in [7, 11) is 0. The molecule has 0 aliphatic heterocycles. The number of carboxylic acids is 1. The standard InChI is InChI=1S/C6H11BrO2/c1-5(4-7)2-3-6(8)9/h5H,2-4H2,1H3,(H,8,9)/t5-/m1/s1. The number of hydrogen-bond donors (Lipinski definition) is 1. The molecule has 0 aromatic heterocycles. The van der Waals surface area contributed by atoms with Crippen molar-refractivity contribution in [2.24, 2.45) is 5.92 Å². The Balaban J connectivity index is 3.16. The van der Waals surface area contributed by atoms with Gasteiger partial charge in [-0.2, -0.15) is 0 Å². The molecule has 0 saturated heterocycles. The third kappa shape index (κ3) is 5.83. The van der Waals surface area contributed by atoms with E-state index in [0.29, 0.717) is 5.92 Å². The molecule has 0 aliphatic carbocycles. The van der Waals surface area contributed by atoms with Crippen LogP contribution >= 0.6 is 15.9 Å². The molecule has 0 rings (SSSR count). The molecule has 0 spiro atoms. The SMILES string of the molecule is C[C@@H](CBr)CCC(=O)O. The smallest absolute Gasteiger partial charge is 0.303 e. The van der Waals surface area contributed by atoms with E-state index in [-0.39, 0.29) is 6.42 Å². The van der Waals surface area contributed by atoms with Gasteiger partial charge in [-0.25, -0.2) is 0 Å². The summed E-state index contributed by atoms with van der Waals surface area (Å²) in [6.45, 7) is 2.03. The lowest BCUT2D eigenvalue weighted by Gasteiger charge is -2.02. The summed E-state index contributed by atoms with van der Waals surface area (Å²) < 4.78 is 0. The minimum Gasteiger partial charge on any atom is -0.481 e. The zero-order valence-electron chi connectivity index (χ0n) is 5.43. The summed E-state index contributed by atoms with van der Waals surface area (Å²) in [6.07, 6.45) is 1.05. The average Bonchev–Trinajstić information content (AvgIpc) is 1.83. The van der Waals surface area contributed by atoms with Crippen LogP contribution in [0.2, 0.25) is 0 Å². The van der Waals surface area contributed by atoms with Gasteiger partial charge in [0.05, 0.1) is 0 Å². The second kappa shape index (κ2) is 4.79. The minimum atomic E-state index is -0.706. The first-order valence-corrected chi connectivity index (χ1v) is 4.06. The van der Waals surface area contributed by atoms with Gasteiger partial charge in [0.1, 0.15) is 0 Å². The van der Waals surface area contributed by atoms with Crippen molar-refractivity contribution in [2.45, 2.75) is 19.8 Å². The van der Waals surface area contributed by atoms with Crippen LogP contribution in [-0.2, 0) is 4.79 Å². The summed E-state index contributed by atoms with van der Waals surface area (Å²) >= 11 is 3.27. The Morgan fingerprint density at radius 1 is 1.78 bits per heavy atom. The molecule has 0 bridgehead atoms. The summed E-state index contributed by atoms with van der Waals surface area (Å²) in [6, 6.07) is 0. The van der Waals surface area contributed by atoms with E-state index in [1.165, 1.54) is 0 Å². The Hall–Kier alpha value is -0.0500. The van der Waals surface area contributed by atoms with Crippen LogP contribution in [0.1, 0.15) is 19.8 Å². The van der Waals surface area contributed by atoms with Gasteiger partial charge in [0, 0.05) is 11.8 Å². The van der Waals surface area contributed by atoms with Gasteiger partial charge in [0.2, 0.25) is 0 Å². The molecule has 0 saturated carbocycles. The van der Waals surface area contributed by atoms with Crippen molar-refractivity contribution in [3.63, 3.8) is 0 Å². The van der Waals surface area contributed by atoms with Crippen molar-refractivity contribution in [3.05, 3.63) is 0 Å². The van der Waals surface area contributed by atoms with Crippen LogP contribution in [0, 0.1) is 5.92 Å². The van der Waals surface area contributed by atoms with E-state index < -0.39 is 5.97 Å². The highest BCUT2D eigenvalue weighted by atomic mass is 79.9. The number of alkyl halides is 1. The van der Waals surface area contributed by atoms with Crippen molar-refractivity contribution >= 4 is 21.9 Å². The van der Waals surface area contributed by atoms with E-state index in [4.69, 9.17) is 5.11 Å². The normalized spacial score (nSPS) is 13.1. The molecule has 1 N–H and O–H groups in total. The molecule has 0 aromatic rings. The summed E-state index contributed by atoms with van der Waals surface area (Å²) in [5.41, 5.74) is 0. The maximum Gasteiger partial charge on any atom is 0.303 e. The van der Waals surface area contributed by atoms with Gasteiger partial charge < -0.3 is 5.11 Å². The van der Waals surface area contributed by atoms with Crippen LogP contribution in [0.4, 0.5) is 0 Å². The van der Waals surface area contributed by atoms with Crippen molar-refractivity contribution in [2.75, 3.05) is 5.33 Å². The third-order valence-corrected chi connectivity index (χ3v) is 2.22. The molecule has 0 fully saturated rings. The maximum absolute atomic E-state index is 10.0. The molecule has 0 unspecified atom stereocenters. The molecule has 0 heterocycles. The highest BCUT2D eigenvalue weighted by Crippen LogP contribution is 2.07. The Labute approximate surface area is 63.4 Å². The van der Waals surface area contributed by atoms with Gasteiger partial charge in [0.15, 0.2) is 0 Å². The van der Waals surface area contributed by atoms with E-state index in [1.807, 2.05) is 6.92 Å². The molecule has 1 atom stereocenters. The number of halogens is 1. The highest BCUT2D eigenvalue weighted by molar-refractivity contribution is 9.09. The van der Waals surface area contributed by atoms with Gasteiger partial charge in [-0.3, -0.25) is 4.79 Å². The van der Waals surface area contributed by atoms with Crippen LogP contribution in [0.25, 0.3) is 0 Å². The zero-order valence-corrected chi connectivity index (χ0v) is 7.02. The zero-order chi connectivity index (χ0) is 7.28. The van der Waals surface area contributed by atoms with Crippen molar-refractivity contribution in [1.82, 2.24) is 0 Å². The van der Waals surface area contributed by atoms with Gasteiger partial charge in [0.25, 0.3) is 0 Å². The van der Waals surface area contributed by atoms with Crippen LogP contribution in [0.15, 0.2) is 0 Å². The lowest BCUT2D eigenvalue weighted by molar-refractivity contribution is -0.137. The number of carbonyl (C=O) groups is 1. The number of carboxylic acid groups (broad SMARTS) is 1. The molecular formula is C6H11BrO2. The van der Waals surface area contributed by atoms with E-state index in [1.54, 1.807) is 0 Å². The minimum absolute atomic E-state index is 0.284. The predicted molar refractivity (Wildman–Crippen MR) is 39.8 cm³/mol. The monoisotopic (exact) mass is 194 g/mol. The topological polar surface area (TPSA) is 37.3 Å². The molecule has 0 aromatic carbocycles. The Morgan fingerprint density at radius 2 is 2.33 bits per heavy atom. The second-order valence-corrected chi connectivity index (χ2v) is 2.84. The number of aliphatic carboxylic acids is 1. The average molecular weight is 195 g/mol. The quantitative estimate of drug-likeness (QED) is 0.695. The molecule has 0 amide bonds. The highest BCUT2D eigenvalue weighted by Gasteiger charge is 2.02. The van der Waals surface area contributed by atoms with E-state index in [0.717, 1.165) is 11.8 Å². The molecule has 3 heteroatoms. The fourth-order valence-corrected chi connectivity index (χ4v) is 0.771. The van der Waals surface area contributed by atoms with Gasteiger partial charge in [-0.15, -0.1) is 0 Å². The van der Waals surface area contributed by atoms with E-state index >= 15 is 0 Å². The summed E-state index contributed by atoms with van der Waals surface area (Å²) in [5, 5.41) is 9.13. The number of rotatable bonds is 4. The lowest BCUT2D eigenvalue weighted by Crippen LogP contribution is -2.01. The molecule has 54 valence electrons. The Morgan fingerprint density at radius 3 is 2.67 bits per heavy atom. The molecule has 0 radical (unpaired) electrons. The predicted octanol–water partition coefficient (Wildman–Crippen LogP) is 1.88. The molecular weight excluding hydrogens is 184 g/mol. The Kier molecular flexibility index (Phi) is 4.77. The third-order valence-electron chi connectivity index (χ3n) is 1.11. The summed E-state index contributed by atoms with van der Waals surface area (Å²) in [4.78, 5) is 10.0. The van der Waals surface area contributed by atoms with Crippen LogP contribution < -0.4 is 0 Å².